The summed E-state index contributed by atoms with van der Waals surface area (Å²) in [5.41, 5.74) is -0.400. The van der Waals surface area contributed by atoms with Crippen molar-refractivity contribution in [2.24, 2.45) is 0 Å². The fourth-order valence-electron chi connectivity index (χ4n) is 1.44. The fraction of sp³-hybridized carbons (Fsp3) is 0.800. The van der Waals surface area contributed by atoms with Crippen LogP contribution in [0.1, 0.15) is 33.6 Å². The Morgan fingerprint density at radius 2 is 2.20 bits per heavy atom. The third-order valence-electron chi connectivity index (χ3n) is 2.08. The molecule has 15 heavy (non-hydrogen) atoms. The van der Waals surface area contributed by atoms with Crippen molar-refractivity contribution in [3.8, 4) is 0 Å². The van der Waals surface area contributed by atoms with E-state index in [1.165, 1.54) is 5.06 Å². The van der Waals surface area contributed by atoms with E-state index in [2.05, 4.69) is 5.32 Å². The standard InChI is InChI=1S/C10H18N2O3/c1-10(2,3)15-12(7-13)8-4-5-9(14)11-6-8/h7-8H,4-6H2,1-3H3,(H,11,14)/t8-/m0/s1. The van der Waals surface area contributed by atoms with Crippen LogP contribution in [-0.2, 0) is 14.4 Å². The highest BCUT2D eigenvalue weighted by atomic mass is 16.7. The molecule has 1 N–H and O–H groups in total. The maximum Gasteiger partial charge on any atom is 0.233 e. The Labute approximate surface area is 89.7 Å². The van der Waals surface area contributed by atoms with E-state index in [-0.39, 0.29) is 11.9 Å². The number of carbonyl (C=O) groups is 2. The van der Waals surface area contributed by atoms with Gasteiger partial charge in [-0.1, -0.05) is 0 Å². The molecule has 1 aliphatic rings. The van der Waals surface area contributed by atoms with E-state index in [1.807, 2.05) is 20.8 Å². The van der Waals surface area contributed by atoms with Gasteiger partial charge in [0.25, 0.3) is 0 Å². The number of hydrogen-bond acceptors (Lipinski definition) is 3. The molecule has 0 aromatic rings. The summed E-state index contributed by atoms with van der Waals surface area (Å²) >= 11 is 0. The van der Waals surface area contributed by atoms with Gasteiger partial charge in [0, 0.05) is 13.0 Å². The zero-order chi connectivity index (χ0) is 11.5. The smallest absolute Gasteiger partial charge is 0.233 e. The summed E-state index contributed by atoms with van der Waals surface area (Å²) < 4.78 is 0. The number of rotatable bonds is 3. The van der Waals surface area contributed by atoms with Gasteiger partial charge >= 0.3 is 0 Å². The monoisotopic (exact) mass is 214 g/mol. The molecule has 2 amide bonds. The minimum atomic E-state index is -0.400. The molecule has 5 heteroatoms. The average molecular weight is 214 g/mol. The van der Waals surface area contributed by atoms with Crippen molar-refractivity contribution in [1.82, 2.24) is 10.4 Å². The molecule has 1 aliphatic heterocycles. The Hall–Kier alpha value is -1.10. The lowest BCUT2D eigenvalue weighted by Gasteiger charge is -2.34. The molecular weight excluding hydrogens is 196 g/mol. The number of hydrogen-bond donors (Lipinski definition) is 1. The van der Waals surface area contributed by atoms with Crippen LogP contribution in [0.3, 0.4) is 0 Å². The summed E-state index contributed by atoms with van der Waals surface area (Å²) in [6.45, 7) is 6.11. The van der Waals surface area contributed by atoms with Gasteiger partial charge in [-0.2, -0.15) is 0 Å². The molecule has 1 heterocycles. The van der Waals surface area contributed by atoms with Crippen LogP contribution in [0.4, 0.5) is 0 Å². The lowest BCUT2D eigenvalue weighted by atomic mass is 10.1. The van der Waals surface area contributed by atoms with Gasteiger partial charge in [-0.15, -0.1) is 0 Å². The lowest BCUT2D eigenvalue weighted by molar-refractivity contribution is -0.233. The van der Waals surface area contributed by atoms with Gasteiger partial charge in [0.15, 0.2) is 0 Å². The summed E-state index contributed by atoms with van der Waals surface area (Å²) in [6.07, 6.45) is 1.77. The third-order valence-corrected chi connectivity index (χ3v) is 2.08. The third kappa shape index (κ3) is 3.87. The van der Waals surface area contributed by atoms with Crippen LogP contribution in [0, 0.1) is 0 Å². The van der Waals surface area contributed by atoms with Gasteiger partial charge < -0.3 is 5.32 Å². The van der Waals surface area contributed by atoms with Crippen LogP contribution >= 0.6 is 0 Å². The molecule has 0 saturated carbocycles. The van der Waals surface area contributed by atoms with E-state index in [0.717, 1.165) is 0 Å². The summed E-state index contributed by atoms with van der Waals surface area (Å²) in [5.74, 6) is 0.0351. The first kappa shape index (κ1) is 12.0. The Kier molecular flexibility index (Phi) is 3.68. The topological polar surface area (TPSA) is 58.6 Å². The summed E-state index contributed by atoms with van der Waals surface area (Å²) in [6, 6.07) is -0.0561. The highest BCUT2D eigenvalue weighted by Gasteiger charge is 2.27. The maximum atomic E-state index is 10.9. The normalized spacial score (nSPS) is 22.1. The van der Waals surface area contributed by atoms with Gasteiger partial charge in [0.1, 0.15) is 0 Å². The number of piperidine rings is 1. The van der Waals surface area contributed by atoms with E-state index < -0.39 is 5.60 Å². The first-order valence-electron chi connectivity index (χ1n) is 5.12. The maximum absolute atomic E-state index is 10.9. The van der Waals surface area contributed by atoms with Crippen molar-refractivity contribution in [3.63, 3.8) is 0 Å². The van der Waals surface area contributed by atoms with Crippen molar-refractivity contribution in [2.75, 3.05) is 6.54 Å². The fourth-order valence-corrected chi connectivity index (χ4v) is 1.44. The average Bonchev–Trinajstić information content (AvgIpc) is 2.14. The molecule has 1 rings (SSSR count). The van der Waals surface area contributed by atoms with Crippen molar-refractivity contribution < 1.29 is 14.4 Å². The number of carbonyl (C=O) groups excluding carboxylic acids is 2. The second kappa shape index (κ2) is 4.61. The first-order valence-corrected chi connectivity index (χ1v) is 5.12. The second-order valence-corrected chi connectivity index (χ2v) is 4.67. The number of nitrogens with zero attached hydrogens (tertiary/aromatic N) is 1. The van der Waals surface area contributed by atoms with Gasteiger partial charge in [0.05, 0.1) is 11.6 Å². The largest absolute Gasteiger partial charge is 0.354 e. The Bertz CT molecular complexity index is 238. The second-order valence-electron chi connectivity index (χ2n) is 4.67. The predicted molar refractivity (Wildman–Crippen MR) is 54.8 cm³/mol. The van der Waals surface area contributed by atoms with Gasteiger partial charge in [-0.3, -0.25) is 14.4 Å². The number of nitrogens with one attached hydrogen (secondary N) is 1. The molecule has 0 aromatic carbocycles. The zero-order valence-electron chi connectivity index (χ0n) is 9.45. The summed E-state index contributed by atoms with van der Waals surface area (Å²) in [4.78, 5) is 27.3. The number of hydroxylamine groups is 2. The van der Waals surface area contributed by atoms with Crippen LogP contribution < -0.4 is 5.32 Å². The molecule has 0 unspecified atom stereocenters. The molecule has 0 aliphatic carbocycles. The molecule has 0 aromatic heterocycles. The quantitative estimate of drug-likeness (QED) is 0.548. The summed E-state index contributed by atoms with van der Waals surface area (Å²) in [5, 5.41) is 4.02. The van der Waals surface area contributed by atoms with Crippen molar-refractivity contribution in [2.45, 2.75) is 45.3 Å². The van der Waals surface area contributed by atoms with Crippen molar-refractivity contribution >= 4 is 12.3 Å². The van der Waals surface area contributed by atoms with E-state index >= 15 is 0 Å². The Morgan fingerprint density at radius 1 is 1.53 bits per heavy atom. The molecular formula is C10H18N2O3. The van der Waals surface area contributed by atoms with Gasteiger partial charge in [0.2, 0.25) is 12.3 Å². The van der Waals surface area contributed by atoms with Crippen LogP contribution in [-0.4, -0.2) is 35.6 Å². The highest BCUT2D eigenvalue weighted by molar-refractivity contribution is 5.76. The molecule has 0 bridgehead atoms. The van der Waals surface area contributed by atoms with E-state index in [0.29, 0.717) is 25.8 Å². The first-order chi connectivity index (χ1) is 6.92. The molecule has 1 saturated heterocycles. The Balaban J connectivity index is 2.51. The molecule has 86 valence electrons. The molecule has 1 fully saturated rings. The van der Waals surface area contributed by atoms with E-state index in [4.69, 9.17) is 4.84 Å². The molecule has 5 nitrogen and oxygen atoms in total. The predicted octanol–water partition coefficient (Wildman–Crippen LogP) is 0.453. The van der Waals surface area contributed by atoms with Gasteiger partial charge in [-0.05, 0) is 27.2 Å². The van der Waals surface area contributed by atoms with Crippen molar-refractivity contribution in [1.29, 1.82) is 0 Å². The highest BCUT2D eigenvalue weighted by Crippen LogP contribution is 2.15. The van der Waals surface area contributed by atoms with Crippen LogP contribution in [0.15, 0.2) is 0 Å². The molecule has 1 atom stereocenters. The lowest BCUT2D eigenvalue weighted by Crippen LogP contribution is -2.49. The minimum absolute atomic E-state index is 0.0351. The van der Waals surface area contributed by atoms with E-state index in [9.17, 15) is 9.59 Å². The van der Waals surface area contributed by atoms with E-state index in [1.54, 1.807) is 0 Å². The molecule has 0 spiro atoms. The Morgan fingerprint density at radius 3 is 2.60 bits per heavy atom. The van der Waals surface area contributed by atoms with Crippen LogP contribution in [0.25, 0.3) is 0 Å². The summed E-state index contributed by atoms with van der Waals surface area (Å²) in [7, 11) is 0. The number of amides is 2. The van der Waals surface area contributed by atoms with Crippen molar-refractivity contribution in [3.05, 3.63) is 0 Å². The van der Waals surface area contributed by atoms with Crippen LogP contribution in [0.2, 0.25) is 0 Å². The minimum Gasteiger partial charge on any atom is -0.354 e. The van der Waals surface area contributed by atoms with Gasteiger partial charge in [-0.25, -0.2) is 5.06 Å². The SMILES string of the molecule is CC(C)(C)ON(C=O)[C@H]1CCC(=O)NC1. The molecule has 0 radical (unpaired) electrons. The zero-order valence-corrected chi connectivity index (χ0v) is 9.45. The van der Waals surface area contributed by atoms with Crippen LogP contribution in [0.5, 0.6) is 0 Å².